The molecule has 1 aliphatic carbocycles. The molecule has 2 fully saturated rings. The Morgan fingerprint density at radius 3 is 2.40 bits per heavy atom. The lowest BCUT2D eigenvalue weighted by Gasteiger charge is -2.33. The number of sulfone groups is 1. The molecule has 1 saturated carbocycles. The highest BCUT2D eigenvalue weighted by atomic mass is 35.5. The van der Waals surface area contributed by atoms with E-state index in [1.54, 1.807) is 24.3 Å². The van der Waals surface area contributed by atoms with Gasteiger partial charge in [-0.15, -0.1) is 0 Å². The molecule has 1 heterocycles. The van der Waals surface area contributed by atoms with Crippen LogP contribution in [-0.4, -0.2) is 42.8 Å². The van der Waals surface area contributed by atoms with Crippen LogP contribution in [0.4, 0.5) is 0 Å². The number of nitrogens with zero attached hydrogens (tertiary/aromatic N) is 1. The van der Waals surface area contributed by atoms with Crippen molar-refractivity contribution in [3.63, 3.8) is 0 Å². The fourth-order valence-corrected chi connectivity index (χ4v) is 5.72. The second kappa shape index (κ2) is 7.68. The van der Waals surface area contributed by atoms with Gasteiger partial charge in [-0.2, -0.15) is 0 Å². The molecule has 4 nitrogen and oxygen atoms in total. The van der Waals surface area contributed by atoms with Crippen LogP contribution in [0.5, 0.6) is 0 Å². The van der Waals surface area contributed by atoms with E-state index in [9.17, 15) is 13.2 Å². The van der Waals surface area contributed by atoms with Gasteiger partial charge in [-0.25, -0.2) is 8.42 Å². The molecule has 1 amide bonds. The first kappa shape index (κ1) is 18.7. The number of carbonyl (C=O) groups is 1. The number of amides is 1. The Labute approximate surface area is 158 Å². The molecule has 1 atom stereocenters. The Bertz CT molecular complexity index is 786. The van der Waals surface area contributed by atoms with Crippen LogP contribution < -0.4 is 0 Å². The van der Waals surface area contributed by atoms with Crippen molar-refractivity contribution in [2.24, 2.45) is 0 Å². The van der Waals surface area contributed by atoms with Crippen LogP contribution in [0.25, 0.3) is 6.08 Å². The Kier molecular flexibility index (Phi) is 5.76. The predicted octanol–water partition coefficient (Wildman–Crippen LogP) is 3.96. The first-order valence-electron chi connectivity index (χ1n) is 8.51. The molecule has 1 unspecified atom stereocenters. The van der Waals surface area contributed by atoms with Crippen LogP contribution in [0.1, 0.15) is 37.7 Å². The van der Waals surface area contributed by atoms with Gasteiger partial charge in [0.05, 0.1) is 21.6 Å². The van der Waals surface area contributed by atoms with Crippen molar-refractivity contribution in [3.8, 4) is 0 Å². The van der Waals surface area contributed by atoms with E-state index < -0.39 is 9.84 Å². The van der Waals surface area contributed by atoms with E-state index in [0.29, 0.717) is 16.5 Å². The summed E-state index contributed by atoms with van der Waals surface area (Å²) in [5.74, 6) is 0.126. The van der Waals surface area contributed by atoms with Crippen molar-refractivity contribution >= 4 is 45.0 Å². The Morgan fingerprint density at radius 1 is 1.08 bits per heavy atom. The van der Waals surface area contributed by atoms with Crippen LogP contribution in [-0.2, 0) is 14.6 Å². The third-order valence-corrected chi connectivity index (χ3v) is 7.43. The van der Waals surface area contributed by atoms with Crippen molar-refractivity contribution in [1.82, 2.24) is 4.90 Å². The van der Waals surface area contributed by atoms with E-state index in [-0.39, 0.29) is 29.5 Å². The summed E-state index contributed by atoms with van der Waals surface area (Å²) in [6.07, 6.45) is 7.82. The third-order valence-electron chi connectivity index (χ3n) is 4.94. The fourth-order valence-electron chi connectivity index (χ4n) is 3.70. The quantitative estimate of drug-likeness (QED) is 0.717. The maximum Gasteiger partial charge on any atom is 0.247 e. The lowest BCUT2D eigenvalue weighted by Crippen LogP contribution is -2.46. The van der Waals surface area contributed by atoms with Gasteiger partial charge in [0.2, 0.25) is 5.91 Å². The topological polar surface area (TPSA) is 54.5 Å². The van der Waals surface area contributed by atoms with Gasteiger partial charge in [0, 0.05) is 18.2 Å². The molecule has 136 valence electrons. The molecule has 0 spiro atoms. The van der Waals surface area contributed by atoms with Gasteiger partial charge in [0.15, 0.2) is 9.84 Å². The lowest BCUT2D eigenvalue weighted by molar-refractivity contribution is -0.130. The van der Waals surface area contributed by atoms with E-state index in [1.807, 2.05) is 4.90 Å². The predicted molar refractivity (Wildman–Crippen MR) is 102 cm³/mol. The van der Waals surface area contributed by atoms with Crippen molar-refractivity contribution in [1.29, 1.82) is 0 Å². The molecular formula is C18H21Cl2NO3S. The average molecular weight is 402 g/mol. The summed E-state index contributed by atoms with van der Waals surface area (Å²) in [5, 5.41) is 0.902. The van der Waals surface area contributed by atoms with Crippen LogP contribution in [0.3, 0.4) is 0 Å². The second-order valence-corrected chi connectivity index (χ2v) is 9.79. The number of hydrogen-bond donors (Lipinski definition) is 0. The number of hydrogen-bond acceptors (Lipinski definition) is 3. The Morgan fingerprint density at radius 2 is 1.80 bits per heavy atom. The molecule has 0 aromatic heterocycles. The highest BCUT2D eigenvalue weighted by Gasteiger charge is 2.38. The maximum atomic E-state index is 12.8. The van der Waals surface area contributed by atoms with E-state index in [0.717, 1.165) is 31.2 Å². The van der Waals surface area contributed by atoms with Crippen LogP contribution in [0.15, 0.2) is 24.3 Å². The third kappa shape index (κ3) is 4.57. The average Bonchev–Trinajstić information content (AvgIpc) is 3.19. The van der Waals surface area contributed by atoms with Gasteiger partial charge in [0.1, 0.15) is 0 Å². The highest BCUT2D eigenvalue weighted by Crippen LogP contribution is 2.29. The van der Waals surface area contributed by atoms with Gasteiger partial charge < -0.3 is 4.90 Å². The summed E-state index contributed by atoms with van der Waals surface area (Å²) in [6, 6.07) is 5.11. The second-order valence-electron chi connectivity index (χ2n) is 6.75. The maximum absolute atomic E-state index is 12.8. The van der Waals surface area contributed by atoms with Gasteiger partial charge in [-0.3, -0.25) is 4.79 Å². The zero-order chi connectivity index (χ0) is 18.0. The van der Waals surface area contributed by atoms with E-state index in [1.165, 1.54) is 6.08 Å². The first-order valence-corrected chi connectivity index (χ1v) is 11.1. The van der Waals surface area contributed by atoms with E-state index >= 15 is 0 Å². The molecule has 1 saturated heterocycles. The number of benzene rings is 1. The van der Waals surface area contributed by atoms with E-state index in [2.05, 4.69) is 0 Å². The zero-order valence-corrected chi connectivity index (χ0v) is 16.2. The molecule has 2 aliphatic rings. The molecule has 0 N–H and O–H groups in total. The Hall–Kier alpha value is -1.04. The summed E-state index contributed by atoms with van der Waals surface area (Å²) in [6.45, 7) is 0. The van der Waals surface area contributed by atoms with Crippen LogP contribution in [0, 0.1) is 0 Å². The minimum atomic E-state index is -3.03. The van der Waals surface area contributed by atoms with Crippen molar-refractivity contribution in [2.75, 3.05) is 11.5 Å². The minimum absolute atomic E-state index is 0.0792. The number of carbonyl (C=O) groups excluding carboxylic acids is 1. The standard InChI is InChI=1S/C18H21Cl2NO3S/c19-16-7-5-13(11-17(16)20)6-8-18(22)21(14-3-1-2-4-14)15-9-10-25(23,24)12-15/h5-8,11,14-15H,1-4,9-10,12H2. The molecule has 0 radical (unpaired) electrons. The Balaban J connectivity index is 1.79. The normalized spacial score (nSPS) is 23.4. The van der Waals surface area contributed by atoms with Gasteiger partial charge in [-0.05, 0) is 43.0 Å². The molecule has 25 heavy (non-hydrogen) atoms. The fraction of sp³-hybridized carbons (Fsp3) is 0.500. The monoisotopic (exact) mass is 401 g/mol. The molecular weight excluding hydrogens is 381 g/mol. The minimum Gasteiger partial charge on any atom is -0.332 e. The summed E-state index contributed by atoms with van der Waals surface area (Å²) < 4.78 is 23.7. The van der Waals surface area contributed by atoms with Crippen molar-refractivity contribution in [3.05, 3.63) is 39.9 Å². The summed E-state index contributed by atoms with van der Waals surface area (Å²) in [7, 11) is -3.03. The molecule has 0 bridgehead atoms. The van der Waals surface area contributed by atoms with Gasteiger partial charge in [-0.1, -0.05) is 42.1 Å². The molecule has 7 heteroatoms. The van der Waals surface area contributed by atoms with Gasteiger partial charge in [0.25, 0.3) is 0 Å². The molecule has 1 aromatic rings. The highest BCUT2D eigenvalue weighted by molar-refractivity contribution is 7.91. The first-order chi connectivity index (χ1) is 11.9. The lowest BCUT2D eigenvalue weighted by atomic mass is 10.1. The van der Waals surface area contributed by atoms with Gasteiger partial charge >= 0.3 is 0 Å². The molecule has 1 aliphatic heterocycles. The summed E-state index contributed by atoms with van der Waals surface area (Å²) in [5.41, 5.74) is 0.785. The largest absolute Gasteiger partial charge is 0.332 e. The van der Waals surface area contributed by atoms with Crippen LogP contribution >= 0.6 is 23.2 Å². The van der Waals surface area contributed by atoms with Crippen molar-refractivity contribution in [2.45, 2.75) is 44.2 Å². The molecule has 1 aromatic carbocycles. The summed E-state index contributed by atoms with van der Waals surface area (Å²) >= 11 is 11.9. The van der Waals surface area contributed by atoms with Crippen LogP contribution in [0.2, 0.25) is 10.0 Å². The summed E-state index contributed by atoms with van der Waals surface area (Å²) in [4.78, 5) is 14.6. The smallest absolute Gasteiger partial charge is 0.247 e. The van der Waals surface area contributed by atoms with Crippen molar-refractivity contribution < 1.29 is 13.2 Å². The number of rotatable bonds is 4. The SMILES string of the molecule is O=C(C=Cc1ccc(Cl)c(Cl)c1)N(C1CCCC1)C1CCS(=O)(=O)C1. The number of halogens is 2. The zero-order valence-electron chi connectivity index (χ0n) is 13.8. The molecule has 3 rings (SSSR count). The van der Waals surface area contributed by atoms with E-state index in [4.69, 9.17) is 23.2 Å².